The standard InChI is InChI=1S/C22H22ClFN4O/c1-29-14-17-4-2-3-11-28(17)20-13-26-21(15-5-7-16(24)8-6-15)22(27-20)18-9-10-25-12-19(18)23/h5-10,12-13,17H,2-4,11,14H2,1H3. The van der Waals surface area contributed by atoms with Crippen molar-refractivity contribution in [2.45, 2.75) is 25.3 Å². The SMILES string of the molecule is COCC1CCCCN1c1cnc(-c2ccc(F)cc2)c(-c2ccncc2Cl)n1. The Bertz CT molecular complexity index is 981. The fourth-order valence-electron chi connectivity index (χ4n) is 3.76. The van der Waals surface area contributed by atoms with Gasteiger partial charge in [-0.3, -0.25) is 9.97 Å². The van der Waals surface area contributed by atoms with Gasteiger partial charge in [0.15, 0.2) is 0 Å². The summed E-state index contributed by atoms with van der Waals surface area (Å²) in [6.07, 6.45) is 8.39. The van der Waals surface area contributed by atoms with Gasteiger partial charge in [0.1, 0.15) is 17.3 Å². The molecule has 1 unspecified atom stereocenters. The van der Waals surface area contributed by atoms with E-state index in [1.807, 2.05) is 6.07 Å². The molecule has 1 saturated heterocycles. The Morgan fingerprint density at radius 2 is 1.97 bits per heavy atom. The number of rotatable bonds is 5. The lowest BCUT2D eigenvalue weighted by atomic mass is 10.0. The molecule has 0 N–H and O–H groups in total. The van der Waals surface area contributed by atoms with Gasteiger partial charge < -0.3 is 9.64 Å². The Labute approximate surface area is 174 Å². The molecule has 3 heterocycles. The molecule has 0 aliphatic carbocycles. The summed E-state index contributed by atoms with van der Waals surface area (Å²) in [7, 11) is 1.72. The van der Waals surface area contributed by atoms with Crippen LogP contribution in [0, 0.1) is 5.82 Å². The fraction of sp³-hybridized carbons (Fsp3) is 0.318. The Morgan fingerprint density at radius 3 is 2.72 bits per heavy atom. The number of halogens is 2. The van der Waals surface area contributed by atoms with Crippen LogP contribution < -0.4 is 4.90 Å². The van der Waals surface area contributed by atoms with Crippen molar-refractivity contribution in [3.05, 3.63) is 59.8 Å². The molecule has 1 atom stereocenters. The molecule has 150 valence electrons. The van der Waals surface area contributed by atoms with Crippen molar-refractivity contribution in [2.75, 3.05) is 25.2 Å². The zero-order valence-corrected chi connectivity index (χ0v) is 16.9. The molecule has 2 aromatic heterocycles. The van der Waals surface area contributed by atoms with E-state index in [2.05, 4.69) is 9.88 Å². The third kappa shape index (κ3) is 4.23. The number of piperidine rings is 1. The van der Waals surface area contributed by atoms with Crippen LogP contribution in [0.5, 0.6) is 0 Å². The largest absolute Gasteiger partial charge is 0.383 e. The van der Waals surface area contributed by atoms with Crippen LogP contribution in [-0.4, -0.2) is 41.3 Å². The summed E-state index contributed by atoms with van der Waals surface area (Å²) in [6.45, 7) is 1.55. The summed E-state index contributed by atoms with van der Waals surface area (Å²) >= 11 is 6.44. The molecule has 5 nitrogen and oxygen atoms in total. The lowest BCUT2D eigenvalue weighted by Crippen LogP contribution is -2.43. The van der Waals surface area contributed by atoms with Gasteiger partial charge in [0.25, 0.3) is 0 Å². The van der Waals surface area contributed by atoms with Gasteiger partial charge in [-0.15, -0.1) is 0 Å². The van der Waals surface area contributed by atoms with Crippen LogP contribution in [0.1, 0.15) is 19.3 Å². The molecular weight excluding hydrogens is 391 g/mol. The minimum absolute atomic E-state index is 0.264. The van der Waals surface area contributed by atoms with E-state index in [1.54, 1.807) is 37.8 Å². The van der Waals surface area contributed by atoms with Crippen LogP contribution in [0.4, 0.5) is 10.2 Å². The molecule has 0 amide bonds. The van der Waals surface area contributed by atoms with Crippen molar-refractivity contribution in [3.8, 4) is 22.5 Å². The number of aromatic nitrogens is 3. The summed E-state index contributed by atoms with van der Waals surface area (Å²) in [5.74, 6) is 0.498. The summed E-state index contributed by atoms with van der Waals surface area (Å²) in [5.41, 5.74) is 2.83. The third-order valence-corrected chi connectivity index (χ3v) is 5.49. The summed E-state index contributed by atoms with van der Waals surface area (Å²) in [5, 5.41) is 0.495. The van der Waals surface area contributed by atoms with Crippen LogP contribution >= 0.6 is 11.6 Å². The maximum Gasteiger partial charge on any atom is 0.148 e. The molecule has 1 aliphatic rings. The van der Waals surface area contributed by atoms with Crippen molar-refractivity contribution in [3.63, 3.8) is 0 Å². The average molecular weight is 413 g/mol. The third-order valence-electron chi connectivity index (χ3n) is 5.19. The van der Waals surface area contributed by atoms with Crippen LogP contribution in [0.3, 0.4) is 0 Å². The van der Waals surface area contributed by atoms with E-state index in [4.69, 9.17) is 26.3 Å². The normalized spacial score (nSPS) is 16.8. The summed E-state index contributed by atoms with van der Waals surface area (Å²) in [6, 6.07) is 8.33. The second kappa shape index (κ2) is 8.84. The van der Waals surface area contributed by atoms with Gasteiger partial charge in [0.05, 0.1) is 29.6 Å². The minimum Gasteiger partial charge on any atom is -0.383 e. The first kappa shape index (κ1) is 19.7. The van der Waals surface area contributed by atoms with Gasteiger partial charge in [-0.05, 0) is 49.6 Å². The molecule has 0 saturated carbocycles. The van der Waals surface area contributed by atoms with Crippen LogP contribution in [0.15, 0.2) is 48.9 Å². The van der Waals surface area contributed by atoms with Crippen molar-refractivity contribution in [2.24, 2.45) is 0 Å². The Morgan fingerprint density at radius 1 is 1.14 bits per heavy atom. The molecule has 0 bridgehead atoms. The van der Waals surface area contributed by atoms with E-state index >= 15 is 0 Å². The number of ether oxygens (including phenoxy) is 1. The first-order valence-electron chi connectivity index (χ1n) is 9.66. The zero-order chi connectivity index (χ0) is 20.2. The Hall–Kier alpha value is -2.57. The minimum atomic E-state index is -0.294. The van der Waals surface area contributed by atoms with Crippen molar-refractivity contribution in [1.82, 2.24) is 15.0 Å². The average Bonchev–Trinajstić information content (AvgIpc) is 2.75. The van der Waals surface area contributed by atoms with Gasteiger partial charge in [-0.25, -0.2) is 9.37 Å². The van der Waals surface area contributed by atoms with E-state index < -0.39 is 0 Å². The maximum absolute atomic E-state index is 13.4. The zero-order valence-electron chi connectivity index (χ0n) is 16.2. The molecule has 3 aromatic rings. The van der Waals surface area contributed by atoms with Crippen LogP contribution in [-0.2, 0) is 4.74 Å². The van der Waals surface area contributed by atoms with Gasteiger partial charge >= 0.3 is 0 Å². The molecule has 0 spiro atoms. The quantitative estimate of drug-likeness (QED) is 0.590. The first-order chi connectivity index (χ1) is 14.2. The van der Waals surface area contributed by atoms with Crippen molar-refractivity contribution >= 4 is 17.4 Å². The molecular formula is C22H22ClFN4O. The highest BCUT2D eigenvalue weighted by molar-refractivity contribution is 6.33. The second-order valence-electron chi connectivity index (χ2n) is 7.09. The highest BCUT2D eigenvalue weighted by Crippen LogP contribution is 2.35. The van der Waals surface area contributed by atoms with E-state index in [9.17, 15) is 4.39 Å². The predicted octanol–water partition coefficient (Wildman–Crippen LogP) is 5.00. The van der Waals surface area contributed by atoms with Crippen molar-refractivity contribution in [1.29, 1.82) is 0 Å². The topological polar surface area (TPSA) is 51.1 Å². The molecule has 29 heavy (non-hydrogen) atoms. The molecule has 1 fully saturated rings. The monoisotopic (exact) mass is 412 g/mol. The number of pyridine rings is 1. The molecule has 4 rings (SSSR count). The van der Waals surface area contributed by atoms with Gasteiger partial charge in [0.2, 0.25) is 0 Å². The highest BCUT2D eigenvalue weighted by atomic mass is 35.5. The summed E-state index contributed by atoms with van der Waals surface area (Å²) < 4.78 is 18.8. The molecule has 0 radical (unpaired) electrons. The number of methoxy groups -OCH3 is 1. The van der Waals surface area contributed by atoms with Gasteiger partial charge in [0, 0.05) is 37.2 Å². The number of hydrogen-bond acceptors (Lipinski definition) is 5. The maximum atomic E-state index is 13.4. The summed E-state index contributed by atoms with van der Waals surface area (Å²) in [4.78, 5) is 16.0. The van der Waals surface area contributed by atoms with Crippen LogP contribution in [0.2, 0.25) is 5.02 Å². The predicted molar refractivity (Wildman–Crippen MR) is 113 cm³/mol. The number of hydrogen-bond donors (Lipinski definition) is 0. The van der Waals surface area contributed by atoms with E-state index in [-0.39, 0.29) is 11.9 Å². The number of anilines is 1. The van der Waals surface area contributed by atoms with Crippen molar-refractivity contribution < 1.29 is 9.13 Å². The van der Waals surface area contributed by atoms with Gasteiger partial charge in [-0.2, -0.15) is 0 Å². The lowest BCUT2D eigenvalue weighted by Gasteiger charge is -2.36. The number of nitrogens with zero attached hydrogens (tertiary/aromatic N) is 4. The smallest absolute Gasteiger partial charge is 0.148 e. The Balaban J connectivity index is 1.83. The van der Waals surface area contributed by atoms with E-state index in [1.165, 1.54) is 18.6 Å². The molecule has 1 aliphatic heterocycles. The highest BCUT2D eigenvalue weighted by Gasteiger charge is 2.25. The molecule has 7 heteroatoms. The number of benzene rings is 1. The Kier molecular flexibility index (Phi) is 6.02. The first-order valence-corrected chi connectivity index (χ1v) is 10.0. The van der Waals surface area contributed by atoms with E-state index in [0.717, 1.165) is 36.3 Å². The fourth-order valence-corrected chi connectivity index (χ4v) is 3.97. The lowest BCUT2D eigenvalue weighted by molar-refractivity contribution is 0.166. The van der Waals surface area contributed by atoms with E-state index in [0.29, 0.717) is 23.0 Å². The van der Waals surface area contributed by atoms with Gasteiger partial charge in [-0.1, -0.05) is 11.6 Å². The second-order valence-corrected chi connectivity index (χ2v) is 7.49. The van der Waals surface area contributed by atoms with Crippen LogP contribution in [0.25, 0.3) is 22.5 Å². The molecule has 1 aromatic carbocycles.